The lowest BCUT2D eigenvalue weighted by Gasteiger charge is -2.37. The molecule has 0 spiro atoms. The highest BCUT2D eigenvalue weighted by atomic mass is 19.1. The molecule has 0 bridgehead atoms. The van der Waals surface area contributed by atoms with Gasteiger partial charge in [-0.1, -0.05) is 0 Å². The van der Waals surface area contributed by atoms with E-state index in [-0.39, 0.29) is 17.0 Å². The molecule has 4 rings (SSSR count). The van der Waals surface area contributed by atoms with Gasteiger partial charge in [0.15, 0.2) is 0 Å². The molecule has 0 saturated carbocycles. The van der Waals surface area contributed by atoms with Gasteiger partial charge in [-0.25, -0.2) is 13.8 Å². The van der Waals surface area contributed by atoms with Crippen molar-refractivity contribution in [2.75, 3.05) is 43.5 Å². The number of nitriles is 1. The van der Waals surface area contributed by atoms with Crippen molar-refractivity contribution in [2.45, 2.75) is 0 Å². The van der Waals surface area contributed by atoms with Gasteiger partial charge < -0.3 is 19.9 Å². The lowest BCUT2D eigenvalue weighted by molar-refractivity contribution is 0.0742. The van der Waals surface area contributed by atoms with Crippen molar-refractivity contribution in [1.29, 1.82) is 5.26 Å². The molecule has 1 saturated heterocycles. The average molecular weight is 477 g/mol. The summed E-state index contributed by atoms with van der Waals surface area (Å²) in [5.41, 5.74) is 1.50. The van der Waals surface area contributed by atoms with E-state index in [4.69, 9.17) is 4.74 Å². The number of ether oxygens (including phenoxy) is 1. The van der Waals surface area contributed by atoms with Crippen molar-refractivity contribution in [3.63, 3.8) is 0 Å². The van der Waals surface area contributed by atoms with E-state index in [1.807, 2.05) is 4.90 Å². The first kappa shape index (κ1) is 23.6. The Kier molecular flexibility index (Phi) is 6.87. The number of nitrogens with one attached hydrogen (secondary N) is 1. The number of hydrogen-bond donors (Lipinski definition) is 1. The third-order valence-electron chi connectivity index (χ3n) is 5.65. The minimum absolute atomic E-state index is 0.170. The van der Waals surface area contributed by atoms with Crippen LogP contribution in [-0.2, 0) is 0 Å². The highest BCUT2D eigenvalue weighted by Gasteiger charge is 2.26. The summed E-state index contributed by atoms with van der Waals surface area (Å²) in [5, 5.41) is 12.2. The van der Waals surface area contributed by atoms with Crippen molar-refractivity contribution in [2.24, 2.45) is 0 Å². The van der Waals surface area contributed by atoms with Gasteiger partial charge in [-0.05, 0) is 42.5 Å². The average Bonchev–Trinajstić information content (AvgIpc) is 2.88. The predicted molar refractivity (Wildman–Crippen MR) is 124 cm³/mol. The van der Waals surface area contributed by atoms with Gasteiger partial charge in [0.05, 0.1) is 35.7 Å². The molecule has 0 atom stereocenters. The number of halogens is 2. The van der Waals surface area contributed by atoms with Crippen LogP contribution in [0.4, 0.5) is 20.2 Å². The molecule has 3 aromatic rings. The minimum Gasteiger partial charge on any atom is -0.480 e. The van der Waals surface area contributed by atoms with Crippen LogP contribution in [-0.4, -0.2) is 55.0 Å². The highest BCUT2D eigenvalue weighted by molar-refractivity contribution is 6.07. The molecule has 0 aliphatic carbocycles. The second kappa shape index (κ2) is 10.2. The molecule has 0 radical (unpaired) electrons. The summed E-state index contributed by atoms with van der Waals surface area (Å²) in [6.45, 7) is 1.39. The van der Waals surface area contributed by atoms with Gasteiger partial charge in [-0.15, -0.1) is 0 Å². The summed E-state index contributed by atoms with van der Waals surface area (Å²) in [5.74, 6) is -2.45. The zero-order valence-electron chi connectivity index (χ0n) is 18.8. The Balaban J connectivity index is 1.52. The molecule has 1 fully saturated rings. The van der Waals surface area contributed by atoms with Crippen LogP contribution in [0.5, 0.6) is 5.88 Å². The molecule has 2 heterocycles. The van der Waals surface area contributed by atoms with Crippen LogP contribution in [0.25, 0.3) is 0 Å². The van der Waals surface area contributed by atoms with E-state index >= 15 is 0 Å². The quantitative estimate of drug-likeness (QED) is 0.605. The predicted octanol–water partition coefficient (Wildman–Crippen LogP) is 3.45. The van der Waals surface area contributed by atoms with Gasteiger partial charge in [0, 0.05) is 38.4 Å². The van der Waals surface area contributed by atoms with Crippen molar-refractivity contribution in [3.8, 4) is 11.9 Å². The SMILES string of the molecule is COc1ncccc1C(=O)Nc1cc(C#N)ccc1N1CCN(C(=O)c2ccc(F)cc2F)CC1. The Morgan fingerprint density at radius 3 is 2.51 bits per heavy atom. The van der Waals surface area contributed by atoms with Gasteiger partial charge in [0.25, 0.3) is 11.8 Å². The summed E-state index contributed by atoms with van der Waals surface area (Å²) in [7, 11) is 1.42. The fourth-order valence-corrected chi connectivity index (χ4v) is 3.88. The van der Waals surface area contributed by atoms with Crippen LogP contribution in [0.3, 0.4) is 0 Å². The summed E-state index contributed by atoms with van der Waals surface area (Å²) >= 11 is 0. The van der Waals surface area contributed by atoms with Gasteiger partial charge in [0.2, 0.25) is 5.88 Å². The van der Waals surface area contributed by atoms with Crippen LogP contribution < -0.4 is 15.0 Å². The van der Waals surface area contributed by atoms with E-state index < -0.39 is 23.4 Å². The molecule has 35 heavy (non-hydrogen) atoms. The number of pyridine rings is 1. The van der Waals surface area contributed by atoms with Gasteiger partial charge in [-0.2, -0.15) is 5.26 Å². The molecule has 178 valence electrons. The van der Waals surface area contributed by atoms with Gasteiger partial charge in [0.1, 0.15) is 17.2 Å². The Morgan fingerprint density at radius 2 is 1.83 bits per heavy atom. The smallest absolute Gasteiger partial charge is 0.261 e. The van der Waals surface area contributed by atoms with E-state index in [1.54, 1.807) is 30.3 Å². The molecule has 2 amide bonds. The molecule has 1 aliphatic heterocycles. The molecule has 10 heteroatoms. The number of aromatic nitrogens is 1. The van der Waals surface area contributed by atoms with E-state index in [0.717, 1.165) is 12.1 Å². The number of carbonyl (C=O) groups excluding carboxylic acids is 2. The number of rotatable bonds is 5. The van der Waals surface area contributed by atoms with E-state index in [0.29, 0.717) is 49.2 Å². The Morgan fingerprint density at radius 1 is 1.06 bits per heavy atom. The zero-order valence-corrected chi connectivity index (χ0v) is 18.8. The van der Waals surface area contributed by atoms with E-state index in [2.05, 4.69) is 16.4 Å². The summed E-state index contributed by atoms with van der Waals surface area (Å²) < 4.78 is 32.4. The standard InChI is InChI=1S/C25H21F2N5O3/c1-35-24-19(3-2-8-29-24)23(33)30-21-13-16(15-28)4-7-22(21)31-9-11-32(12-10-31)25(34)18-6-5-17(26)14-20(18)27/h2-8,13-14H,9-12H2,1H3,(H,30,33). The third kappa shape index (κ3) is 5.04. The number of carbonyl (C=O) groups is 2. The normalized spacial score (nSPS) is 13.2. The maximum atomic E-state index is 14.1. The number of piperazine rings is 1. The van der Waals surface area contributed by atoms with Gasteiger partial charge >= 0.3 is 0 Å². The number of methoxy groups -OCH3 is 1. The number of anilines is 2. The number of amides is 2. The molecule has 1 aliphatic rings. The van der Waals surface area contributed by atoms with Crippen LogP contribution in [0, 0.1) is 23.0 Å². The molecule has 1 N–H and O–H groups in total. The monoisotopic (exact) mass is 477 g/mol. The Hall–Kier alpha value is -4.52. The molecule has 0 unspecified atom stereocenters. The molecular formula is C25H21F2N5O3. The fourth-order valence-electron chi connectivity index (χ4n) is 3.88. The van der Waals surface area contributed by atoms with Crippen molar-refractivity contribution >= 4 is 23.2 Å². The lowest BCUT2D eigenvalue weighted by Crippen LogP contribution is -2.49. The fraction of sp³-hybridized carbons (Fsp3) is 0.200. The number of nitrogens with zero attached hydrogens (tertiary/aromatic N) is 4. The molecule has 2 aromatic carbocycles. The topological polar surface area (TPSA) is 98.6 Å². The maximum Gasteiger partial charge on any atom is 0.261 e. The molecule has 8 nitrogen and oxygen atoms in total. The second-order valence-corrected chi connectivity index (χ2v) is 7.76. The first-order valence-electron chi connectivity index (χ1n) is 10.7. The first-order chi connectivity index (χ1) is 16.9. The summed E-state index contributed by atoms with van der Waals surface area (Å²) in [4.78, 5) is 33.1. The highest BCUT2D eigenvalue weighted by Crippen LogP contribution is 2.30. The van der Waals surface area contributed by atoms with Crippen LogP contribution in [0.2, 0.25) is 0 Å². The number of hydrogen-bond acceptors (Lipinski definition) is 6. The molecule has 1 aromatic heterocycles. The van der Waals surface area contributed by atoms with E-state index in [9.17, 15) is 23.6 Å². The van der Waals surface area contributed by atoms with E-state index in [1.165, 1.54) is 18.2 Å². The third-order valence-corrected chi connectivity index (χ3v) is 5.65. The molecular weight excluding hydrogens is 456 g/mol. The second-order valence-electron chi connectivity index (χ2n) is 7.76. The van der Waals surface area contributed by atoms with Crippen LogP contribution in [0.15, 0.2) is 54.7 Å². The summed E-state index contributed by atoms with van der Waals surface area (Å²) in [6, 6.07) is 13.1. The Bertz CT molecular complexity index is 1320. The zero-order chi connectivity index (χ0) is 24.9. The lowest BCUT2D eigenvalue weighted by atomic mass is 10.1. The van der Waals surface area contributed by atoms with Crippen molar-refractivity contribution in [1.82, 2.24) is 9.88 Å². The first-order valence-corrected chi connectivity index (χ1v) is 10.7. The van der Waals surface area contributed by atoms with Crippen LogP contribution >= 0.6 is 0 Å². The van der Waals surface area contributed by atoms with Crippen molar-refractivity contribution < 1.29 is 23.1 Å². The maximum absolute atomic E-state index is 14.1. The minimum atomic E-state index is -0.902. The van der Waals surface area contributed by atoms with Gasteiger partial charge in [-0.3, -0.25) is 9.59 Å². The Labute approximate surface area is 200 Å². The summed E-state index contributed by atoms with van der Waals surface area (Å²) in [6.07, 6.45) is 1.51. The van der Waals surface area contributed by atoms with Crippen molar-refractivity contribution in [3.05, 3.63) is 83.1 Å². The van der Waals surface area contributed by atoms with Crippen LogP contribution in [0.1, 0.15) is 26.3 Å². The number of benzene rings is 2. The largest absolute Gasteiger partial charge is 0.480 e.